The molecule has 1 aromatic rings. The van der Waals surface area contributed by atoms with Gasteiger partial charge in [0.1, 0.15) is 5.76 Å². The van der Waals surface area contributed by atoms with Gasteiger partial charge in [-0.3, -0.25) is 4.79 Å². The smallest absolute Gasteiger partial charge is 0.240 e. The Morgan fingerprint density at radius 2 is 2.53 bits per heavy atom. The van der Waals surface area contributed by atoms with E-state index in [-0.39, 0.29) is 11.9 Å². The highest BCUT2D eigenvalue weighted by atomic mass is 16.4. The molecule has 0 bridgehead atoms. The number of carbonyl (C=O) groups is 1. The molecule has 2 N–H and O–H groups in total. The van der Waals surface area contributed by atoms with Crippen molar-refractivity contribution in [2.24, 2.45) is 5.73 Å². The van der Waals surface area contributed by atoms with Gasteiger partial charge in [-0.15, -0.1) is 0 Å². The molecular formula is C10H15N3O2. The average Bonchev–Trinajstić information content (AvgIpc) is 2.80. The first-order chi connectivity index (χ1) is 7.20. The monoisotopic (exact) mass is 209 g/mol. The Balaban J connectivity index is 2.00. The maximum atomic E-state index is 11.5. The summed E-state index contributed by atoms with van der Waals surface area (Å²) >= 11 is 0. The fourth-order valence-corrected chi connectivity index (χ4v) is 1.67. The molecule has 1 fully saturated rings. The number of aromatic nitrogens is 1. The number of likely N-dealkylation sites (tertiary alicyclic amines) is 1. The zero-order valence-corrected chi connectivity index (χ0v) is 8.77. The standard InChI is InChI=1S/C10H15N3O2/c1-2-7-5-12-9(15-7)6-13-4-3-8(11)10(13)14/h5,8H,2-4,6,11H2,1H3. The van der Waals surface area contributed by atoms with Crippen molar-refractivity contribution < 1.29 is 9.21 Å². The first kappa shape index (κ1) is 10.2. The SMILES string of the molecule is CCc1cnc(CN2CCC(N)C2=O)o1. The van der Waals surface area contributed by atoms with E-state index in [0.29, 0.717) is 19.0 Å². The number of nitrogens with zero attached hydrogens (tertiary/aromatic N) is 2. The lowest BCUT2D eigenvalue weighted by Crippen LogP contribution is -2.33. The Bertz CT molecular complexity index is 361. The largest absolute Gasteiger partial charge is 0.444 e. The molecule has 5 heteroatoms. The van der Waals surface area contributed by atoms with Gasteiger partial charge in [0.15, 0.2) is 0 Å². The summed E-state index contributed by atoms with van der Waals surface area (Å²) in [6.07, 6.45) is 3.25. The van der Waals surface area contributed by atoms with Crippen molar-refractivity contribution in [2.75, 3.05) is 6.54 Å². The van der Waals surface area contributed by atoms with Crippen molar-refractivity contribution in [3.8, 4) is 0 Å². The van der Waals surface area contributed by atoms with Crippen molar-refractivity contribution in [3.05, 3.63) is 17.8 Å². The van der Waals surface area contributed by atoms with Gasteiger partial charge < -0.3 is 15.1 Å². The molecule has 1 saturated heterocycles. The van der Waals surface area contributed by atoms with Gasteiger partial charge in [-0.05, 0) is 6.42 Å². The minimum absolute atomic E-state index is 0.00810. The topological polar surface area (TPSA) is 72.4 Å². The molecule has 5 nitrogen and oxygen atoms in total. The third kappa shape index (κ3) is 2.02. The predicted molar refractivity (Wildman–Crippen MR) is 53.9 cm³/mol. The van der Waals surface area contributed by atoms with Gasteiger partial charge in [-0.2, -0.15) is 0 Å². The second-order valence-electron chi connectivity index (χ2n) is 3.73. The summed E-state index contributed by atoms with van der Waals surface area (Å²) in [5.41, 5.74) is 5.61. The summed E-state index contributed by atoms with van der Waals surface area (Å²) in [4.78, 5) is 17.3. The summed E-state index contributed by atoms with van der Waals surface area (Å²) in [6.45, 7) is 3.14. The van der Waals surface area contributed by atoms with Crippen LogP contribution in [0.3, 0.4) is 0 Å². The second kappa shape index (κ2) is 4.02. The summed E-state index contributed by atoms with van der Waals surface area (Å²) in [5.74, 6) is 1.43. The molecule has 1 aliphatic heterocycles. The van der Waals surface area contributed by atoms with Crippen LogP contribution in [0.25, 0.3) is 0 Å². The lowest BCUT2D eigenvalue weighted by molar-refractivity contribution is -0.129. The Hall–Kier alpha value is -1.36. The van der Waals surface area contributed by atoms with Crippen LogP contribution in [0.5, 0.6) is 0 Å². The van der Waals surface area contributed by atoms with Gasteiger partial charge in [-0.25, -0.2) is 4.98 Å². The van der Waals surface area contributed by atoms with E-state index < -0.39 is 0 Å². The van der Waals surface area contributed by atoms with Crippen LogP contribution < -0.4 is 5.73 Å². The lowest BCUT2D eigenvalue weighted by atomic mass is 10.3. The third-order valence-electron chi connectivity index (χ3n) is 2.61. The van der Waals surface area contributed by atoms with Gasteiger partial charge in [0.2, 0.25) is 11.8 Å². The van der Waals surface area contributed by atoms with Crippen LogP contribution in [0.4, 0.5) is 0 Å². The molecule has 15 heavy (non-hydrogen) atoms. The first-order valence-corrected chi connectivity index (χ1v) is 5.18. The van der Waals surface area contributed by atoms with E-state index in [1.54, 1.807) is 11.1 Å². The molecular weight excluding hydrogens is 194 g/mol. The maximum Gasteiger partial charge on any atom is 0.240 e. The molecule has 82 valence electrons. The molecule has 2 rings (SSSR count). The van der Waals surface area contributed by atoms with Crippen LogP contribution in [0.1, 0.15) is 25.0 Å². The van der Waals surface area contributed by atoms with Gasteiger partial charge >= 0.3 is 0 Å². The van der Waals surface area contributed by atoms with Gasteiger partial charge in [-0.1, -0.05) is 6.92 Å². The average molecular weight is 209 g/mol. The van der Waals surface area contributed by atoms with Crippen molar-refractivity contribution in [2.45, 2.75) is 32.4 Å². The number of hydrogen-bond donors (Lipinski definition) is 1. The molecule has 0 aliphatic carbocycles. The van der Waals surface area contributed by atoms with Crippen molar-refractivity contribution in [3.63, 3.8) is 0 Å². The van der Waals surface area contributed by atoms with E-state index in [9.17, 15) is 4.79 Å². The predicted octanol–water partition coefficient (Wildman–Crippen LogP) is 0.297. The molecule has 0 saturated carbocycles. The molecule has 2 heterocycles. The molecule has 0 radical (unpaired) electrons. The van der Waals surface area contributed by atoms with Crippen LogP contribution in [0, 0.1) is 0 Å². The van der Waals surface area contributed by atoms with Crippen molar-refractivity contribution >= 4 is 5.91 Å². The molecule has 0 spiro atoms. The van der Waals surface area contributed by atoms with Crippen molar-refractivity contribution in [1.82, 2.24) is 9.88 Å². The van der Waals surface area contributed by atoms with Gasteiger partial charge in [0, 0.05) is 13.0 Å². The summed E-state index contributed by atoms with van der Waals surface area (Å²) < 4.78 is 5.43. The molecule has 1 aromatic heterocycles. The van der Waals surface area contributed by atoms with Crippen molar-refractivity contribution in [1.29, 1.82) is 0 Å². The van der Waals surface area contributed by atoms with E-state index >= 15 is 0 Å². The maximum absolute atomic E-state index is 11.5. The van der Waals surface area contributed by atoms with Crippen LogP contribution in [0.2, 0.25) is 0 Å². The molecule has 1 amide bonds. The van der Waals surface area contributed by atoms with E-state index in [0.717, 1.165) is 18.6 Å². The van der Waals surface area contributed by atoms with E-state index in [4.69, 9.17) is 10.2 Å². The molecule has 1 atom stereocenters. The van der Waals surface area contributed by atoms with Crippen LogP contribution in [-0.4, -0.2) is 28.4 Å². The van der Waals surface area contributed by atoms with Crippen LogP contribution in [-0.2, 0) is 17.8 Å². The Morgan fingerprint density at radius 3 is 3.07 bits per heavy atom. The number of hydrogen-bond acceptors (Lipinski definition) is 4. The highest BCUT2D eigenvalue weighted by Gasteiger charge is 2.29. The summed E-state index contributed by atoms with van der Waals surface area (Å²) in [6, 6.07) is -0.342. The zero-order valence-electron chi connectivity index (χ0n) is 8.77. The van der Waals surface area contributed by atoms with Gasteiger partial charge in [0.05, 0.1) is 18.8 Å². The summed E-state index contributed by atoms with van der Waals surface area (Å²) in [7, 11) is 0. The number of rotatable bonds is 3. The number of aryl methyl sites for hydroxylation is 1. The van der Waals surface area contributed by atoms with Crippen LogP contribution >= 0.6 is 0 Å². The van der Waals surface area contributed by atoms with Crippen LogP contribution in [0.15, 0.2) is 10.6 Å². The highest BCUT2D eigenvalue weighted by molar-refractivity contribution is 5.83. The Labute approximate surface area is 88.3 Å². The number of nitrogens with two attached hydrogens (primary N) is 1. The Morgan fingerprint density at radius 1 is 1.73 bits per heavy atom. The lowest BCUT2D eigenvalue weighted by Gasteiger charge is -2.12. The van der Waals surface area contributed by atoms with Gasteiger partial charge in [0.25, 0.3) is 0 Å². The number of oxazole rings is 1. The summed E-state index contributed by atoms with van der Waals surface area (Å²) in [5, 5.41) is 0. The minimum Gasteiger partial charge on any atom is -0.444 e. The zero-order chi connectivity index (χ0) is 10.8. The second-order valence-corrected chi connectivity index (χ2v) is 3.73. The van der Waals surface area contributed by atoms with E-state index in [1.807, 2.05) is 6.92 Å². The molecule has 1 unspecified atom stereocenters. The fraction of sp³-hybridized carbons (Fsp3) is 0.600. The molecule has 0 aromatic carbocycles. The molecule has 1 aliphatic rings. The third-order valence-corrected chi connectivity index (χ3v) is 2.61. The van der Waals surface area contributed by atoms with E-state index in [2.05, 4.69) is 4.98 Å². The fourth-order valence-electron chi connectivity index (χ4n) is 1.67. The normalized spacial score (nSPS) is 21.3. The Kier molecular flexibility index (Phi) is 2.73. The van der Waals surface area contributed by atoms with E-state index in [1.165, 1.54) is 0 Å². The number of amides is 1. The first-order valence-electron chi connectivity index (χ1n) is 5.18. The number of carbonyl (C=O) groups excluding carboxylic acids is 1. The quantitative estimate of drug-likeness (QED) is 0.777. The highest BCUT2D eigenvalue weighted by Crippen LogP contribution is 2.14. The minimum atomic E-state index is -0.342.